The van der Waals surface area contributed by atoms with Crippen molar-refractivity contribution in [3.8, 4) is 0 Å². The van der Waals surface area contributed by atoms with Crippen LogP contribution in [-0.2, 0) is 0 Å². The summed E-state index contributed by atoms with van der Waals surface area (Å²) in [6, 6.07) is 14.5. The Morgan fingerprint density at radius 1 is 0.812 bits per heavy atom. The molecule has 0 heterocycles. The maximum atomic E-state index is 12.6. The molecule has 2 aromatic rings. The van der Waals surface area contributed by atoms with Crippen LogP contribution in [0.25, 0.3) is 0 Å². The quantitative estimate of drug-likeness (QED) is 0.737. The number of hydrogen-bond acceptors (Lipinski definition) is 1. The minimum absolute atomic E-state index is 0. The smallest absolute Gasteiger partial charge is 0.193 e. The van der Waals surface area contributed by atoms with E-state index in [2.05, 4.69) is 0 Å². The summed E-state index contributed by atoms with van der Waals surface area (Å²) in [6.45, 7) is 0. The summed E-state index contributed by atoms with van der Waals surface area (Å²) < 4.78 is 12.6. The molecule has 0 spiro atoms. The van der Waals surface area contributed by atoms with Crippen LogP contribution in [0.15, 0.2) is 54.6 Å². The fraction of sp³-hybridized carbons (Fsp3) is 0. The Bertz CT molecular complexity index is 465. The monoisotopic (exact) mass is 240 g/mol. The average Bonchev–Trinajstić information content (AvgIpc) is 2.30. The van der Waals surface area contributed by atoms with Crippen LogP contribution >= 0.6 is 0 Å². The van der Waals surface area contributed by atoms with Gasteiger partial charge in [0.15, 0.2) is 5.78 Å². The van der Waals surface area contributed by atoms with Gasteiger partial charge < -0.3 is 0 Å². The Balaban J connectivity index is 0.00000128. The van der Waals surface area contributed by atoms with Crippen LogP contribution in [0.1, 0.15) is 15.9 Å². The van der Waals surface area contributed by atoms with Gasteiger partial charge in [0.25, 0.3) is 0 Å². The van der Waals surface area contributed by atoms with E-state index in [0.717, 1.165) is 0 Å². The topological polar surface area (TPSA) is 17.1 Å². The predicted molar refractivity (Wildman–Crippen MR) is 56.3 cm³/mol. The maximum Gasteiger partial charge on any atom is 0.193 e. The number of carbonyl (C=O) groups excluding carboxylic acids is 1. The molecule has 0 bridgehead atoms. The van der Waals surface area contributed by atoms with Crippen LogP contribution in [-0.4, -0.2) is 5.78 Å². The minimum Gasteiger partial charge on any atom is -0.289 e. The van der Waals surface area contributed by atoms with Crippen molar-refractivity contribution in [2.75, 3.05) is 0 Å². The largest absolute Gasteiger partial charge is 0.289 e. The Labute approximate surface area is 123 Å². The Hall–Kier alpha value is -0.700. The van der Waals surface area contributed by atoms with Gasteiger partial charge in [0, 0.05) is 48.9 Å². The number of hydrogen-bond donors (Lipinski definition) is 0. The second kappa shape index (κ2) is 6.14. The predicted octanol–water partition coefficient (Wildman–Crippen LogP) is 3.06. The molecular formula is C13H9ArFO. The van der Waals surface area contributed by atoms with Crippen molar-refractivity contribution in [2.24, 2.45) is 0 Å². The summed E-state index contributed by atoms with van der Waals surface area (Å²) in [7, 11) is 0. The van der Waals surface area contributed by atoms with Gasteiger partial charge in [0.1, 0.15) is 5.82 Å². The first-order valence-electron chi connectivity index (χ1n) is 4.63. The Morgan fingerprint density at radius 2 is 1.31 bits per heavy atom. The van der Waals surface area contributed by atoms with Crippen molar-refractivity contribution < 1.29 is 46.9 Å². The molecule has 0 atom stereocenters. The Kier molecular flexibility index (Phi) is 5.13. The number of rotatable bonds is 2. The zero-order chi connectivity index (χ0) is 10.7. The van der Waals surface area contributed by atoms with Gasteiger partial charge in [-0.25, -0.2) is 4.39 Å². The van der Waals surface area contributed by atoms with E-state index in [1.54, 1.807) is 24.3 Å². The van der Waals surface area contributed by atoms with Crippen molar-refractivity contribution in [1.29, 1.82) is 0 Å². The van der Waals surface area contributed by atoms with E-state index in [1.807, 2.05) is 6.07 Å². The van der Waals surface area contributed by atoms with Crippen LogP contribution in [0.3, 0.4) is 0 Å². The van der Waals surface area contributed by atoms with Gasteiger partial charge in [-0.15, -0.1) is 0 Å². The van der Waals surface area contributed by atoms with E-state index in [0.29, 0.717) is 11.1 Å². The van der Waals surface area contributed by atoms with E-state index in [4.69, 9.17) is 0 Å². The van der Waals surface area contributed by atoms with Gasteiger partial charge >= 0.3 is 0 Å². The molecule has 0 saturated carbocycles. The average molecular weight is 240 g/mol. The van der Waals surface area contributed by atoms with E-state index in [-0.39, 0.29) is 49.3 Å². The van der Waals surface area contributed by atoms with Crippen molar-refractivity contribution in [3.63, 3.8) is 0 Å². The fourth-order valence-corrected chi connectivity index (χ4v) is 1.36. The molecule has 0 unspecified atom stereocenters. The van der Waals surface area contributed by atoms with Gasteiger partial charge in [0.05, 0.1) is 0 Å². The molecule has 0 radical (unpaired) electrons. The molecule has 82 valence electrons. The molecule has 0 aromatic heterocycles. The van der Waals surface area contributed by atoms with Crippen molar-refractivity contribution in [3.05, 3.63) is 71.5 Å². The van der Waals surface area contributed by atoms with Crippen molar-refractivity contribution in [1.82, 2.24) is 0 Å². The molecule has 1 nitrogen and oxygen atoms in total. The summed E-state index contributed by atoms with van der Waals surface area (Å²) in [5, 5.41) is 0. The van der Waals surface area contributed by atoms with Crippen molar-refractivity contribution >= 4 is 5.78 Å². The summed E-state index contributed by atoms with van der Waals surface area (Å²) >= 11 is 0. The first kappa shape index (κ1) is 13.4. The fourth-order valence-electron chi connectivity index (χ4n) is 1.36. The summed E-state index contributed by atoms with van der Waals surface area (Å²) in [6.07, 6.45) is 0. The third kappa shape index (κ3) is 3.14. The summed E-state index contributed by atoms with van der Waals surface area (Å²) in [5.74, 6) is -0.421. The molecule has 0 amide bonds. The number of halogens is 1. The van der Waals surface area contributed by atoms with E-state index < -0.39 is 0 Å². The molecule has 2 aromatic carbocycles. The van der Waals surface area contributed by atoms with Crippen LogP contribution in [0, 0.1) is 43.6 Å². The number of benzene rings is 2. The molecular weight excluding hydrogens is 231 g/mol. The van der Waals surface area contributed by atoms with E-state index >= 15 is 0 Å². The Morgan fingerprint density at radius 3 is 1.88 bits per heavy atom. The summed E-state index contributed by atoms with van der Waals surface area (Å²) in [4.78, 5) is 11.8. The van der Waals surface area contributed by atoms with Crippen LogP contribution in [0.2, 0.25) is 0 Å². The van der Waals surface area contributed by atoms with Gasteiger partial charge in [-0.3, -0.25) is 4.79 Å². The third-order valence-corrected chi connectivity index (χ3v) is 2.14. The minimum atomic E-state index is -0.334. The first-order valence-corrected chi connectivity index (χ1v) is 4.63. The SMILES string of the molecule is O=C(c1ccccc1)c1ccc(F)cc1.[Ar]. The van der Waals surface area contributed by atoms with Gasteiger partial charge in [-0.05, 0) is 24.3 Å². The normalized spacial score (nSPS) is 9.31. The number of ketones is 1. The maximum absolute atomic E-state index is 12.6. The molecule has 0 aliphatic carbocycles. The molecule has 0 aliphatic rings. The molecule has 16 heavy (non-hydrogen) atoms. The van der Waals surface area contributed by atoms with Gasteiger partial charge in [-0.1, -0.05) is 30.3 Å². The van der Waals surface area contributed by atoms with Crippen molar-refractivity contribution in [2.45, 2.75) is 0 Å². The summed E-state index contributed by atoms with van der Waals surface area (Å²) in [5.41, 5.74) is 1.12. The van der Waals surface area contributed by atoms with Crippen LogP contribution in [0.5, 0.6) is 0 Å². The molecule has 2 rings (SSSR count). The molecule has 0 saturated heterocycles. The van der Waals surface area contributed by atoms with Gasteiger partial charge in [0.2, 0.25) is 0 Å². The van der Waals surface area contributed by atoms with Gasteiger partial charge in [-0.2, -0.15) is 0 Å². The van der Waals surface area contributed by atoms with E-state index in [1.165, 1.54) is 24.3 Å². The second-order valence-corrected chi connectivity index (χ2v) is 3.20. The molecule has 3 heteroatoms. The standard InChI is InChI=1S/C13H9FO.Ar/c14-12-8-6-11(7-9-12)13(15)10-4-2-1-3-5-10;/h1-9H;. The molecule has 0 aliphatic heterocycles. The first-order chi connectivity index (χ1) is 7.27. The van der Waals surface area contributed by atoms with Crippen LogP contribution in [0.4, 0.5) is 4.39 Å². The zero-order valence-corrected chi connectivity index (χ0v) is 9.04. The third-order valence-electron chi connectivity index (χ3n) is 2.14. The molecule has 0 fully saturated rings. The van der Waals surface area contributed by atoms with E-state index in [9.17, 15) is 9.18 Å². The number of carbonyl (C=O) groups is 1. The second-order valence-electron chi connectivity index (χ2n) is 3.20. The zero-order valence-electron chi connectivity index (χ0n) is 8.34. The van der Waals surface area contributed by atoms with Crippen LogP contribution < -0.4 is 0 Å². The molecule has 0 N–H and O–H groups in total.